The van der Waals surface area contributed by atoms with Gasteiger partial charge in [-0.1, -0.05) is 62.7 Å². The van der Waals surface area contributed by atoms with E-state index in [4.69, 9.17) is 22.1 Å². The summed E-state index contributed by atoms with van der Waals surface area (Å²) in [5, 5.41) is 15.3. The van der Waals surface area contributed by atoms with Crippen molar-refractivity contribution in [2.24, 2.45) is 16.1 Å². The van der Waals surface area contributed by atoms with Gasteiger partial charge in [0.15, 0.2) is 11.5 Å². The van der Waals surface area contributed by atoms with Crippen molar-refractivity contribution in [1.82, 2.24) is 20.0 Å². The first-order chi connectivity index (χ1) is 22.4. The van der Waals surface area contributed by atoms with Gasteiger partial charge in [-0.3, -0.25) is 9.69 Å². The topological polar surface area (TPSA) is 139 Å². The lowest BCUT2D eigenvalue weighted by atomic mass is 9.75. The van der Waals surface area contributed by atoms with E-state index < -0.39 is 53.9 Å². The van der Waals surface area contributed by atoms with E-state index in [1.165, 1.54) is 30.6 Å². The van der Waals surface area contributed by atoms with E-state index in [0.717, 1.165) is 4.90 Å². The molecule has 2 atom stereocenters. The number of amides is 2. The molecule has 3 aromatic rings. The van der Waals surface area contributed by atoms with Gasteiger partial charge in [0.25, 0.3) is 5.91 Å². The Bertz CT molecular complexity index is 1790. The van der Waals surface area contributed by atoms with Crippen LogP contribution in [0.3, 0.4) is 0 Å². The standard InChI is InChI=1S/C32H31ClF5N7O3/c1-29(2,3)17-31(22-7-4-18(5-8-22)21-14-41-44(15-21)26(34)35)25(46)45(27(40)42-31)24(19-6-9-23(33)20(12-19)13-39)16-48-28(47)43-30(10-11-30)32(36,37)38/h4-9,12,14-15,24,26H,10-11,16-17H2,1-3H3,(H2,40,42)(H,43,47)/t24-,31-/m1/s1. The minimum atomic E-state index is -4.68. The molecule has 16 heteroatoms. The van der Waals surface area contributed by atoms with Gasteiger partial charge in [0, 0.05) is 11.8 Å². The summed E-state index contributed by atoms with van der Waals surface area (Å²) in [7, 11) is 0. The van der Waals surface area contributed by atoms with Crippen molar-refractivity contribution in [3.05, 3.63) is 76.6 Å². The monoisotopic (exact) mass is 691 g/mol. The second kappa shape index (κ2) is 12.4. The zero-order valence-corrected chi connectivity index (χ0v) is 26.7. The molecule has 0 unspecified atom stereocenters. The number of nitrogens with one attached hydrogen (secondary N) is 1. The van der Waals surface area contributed by atoms with E-state index in [9.17, 15) is 36.8 Å². The third kappa shape index (κ3) is 6.66. The van der Waals surface area contributed by atoms with E-state index >= 15 is 0 Å². The van der Waals surface area contributed by atoms with Gasteiger partial charge >= 0.3 is 18.8 Å². The molecule has 254 valence electrons. The molecule has 2 amide bonds. The quantitative estimate of drug-likeness (QED) is 0.236. The average Bonchev–Trinajstić information content (AvgIpc) is 3.54. The number of nitrogens with two attached hydrogens (primary N) is 1. The molecule has 2 heterocycles. The third-order valence-electron chi connectivity index (χ3n) is 8.22. The Labute approximate surface area is 277 Å². The second-order valence-corrected chi connectivity index (χ2v) is 13.4. The molecule has 1 aliphatic heterocycles. The summed E-state index contributed by atoms with van der Waals surface area (Å²) in [5.41, 5.74) is 3.62. The number of carbonyl (C=O) groups is 2. The number of guanidine groups is 1. The van der Waals surface area contributed by atoms with E-state index in [2.05, 4.69) is 10.1 Å². The molecule has 10 nitrogen and oxygen atoms in total. The summed E-state index contributed by atoms with van der Waals surface area (Å²) in [4.78, 5) is 33.0. The van der Waals surface area contributed by atoms with Crippen LogP contribution < -0.4 is 11.1 Å². The van der Waals surface area contributed by atoms with Crippen molar-refractivity contribution in [3.63, 3.8) is 0 Å². The Balaban J connectivity index is 1.51. The summed E-state index contributed by atoms with van der Waals surface area (Å²) in [6.07, 6.45) is -4.02. The summed E-state index contributed by atoms with van der Waals surface area (Å²) in [6, 6.07) is 11.5. The number of nitriles is 1. The molecule has 1 aromatic heterocycles. The van der Waals surface area contributed by atoms with Crippen molar-refractivity contribution in [3.8, 4) is 17.2 Å². The molecule has 1 aliphatic carbocycles. The van der Waals surface area contributed by atoms with Crippen LogP contribution in [0.2, 0.25) is 5.02 Å². The number of alkyl carbamates (subject to hydrolysis) is 1. The molecule has 2 aromatic carbocycles. The van der Waals surface area contributed by atoms with E-state index in [-0.39, 0.29) is 41.4 Å². The van der Waals surface area contributed by atoms with Gasteiger partial charge in [0.05, 0.1) is 22.8 Å². The number of carbonyl (C=O) groups excluding carboxylic acids is 2. The predicted octanol–water partition coefficient (Wildman–Crippen LogP) is 6.82. The molecule has 5 rings (SSSR count). The summed E-state index contributed by atoms with van der Waals surface area (Å²) < 4.78 is 72.4. The Morgan fingerprint density at radius 1 is 1.15 bits per heavy atom. The maximum absolute atomic E-state index is 14.6. The number of rotatable bonds is 9. The SMILES string of the molecule is CC(C)(C)C[C@]1(c2ccc(-c3cnn(C(F)F)c3)cc2)N=C(N)N([C@H](COC(=O)NC2(C(F)(F)F)CC2)c2ccc(Cl)c(C#N)c2)C1=O. The number of aliphatic imine (C=N–C) groups is 1. The first-order valence-electron chi connectivity index (χ1n) is 14.7. The van der Waals surface area contributed by atoms with E-state index in [0.29, 0.717) is 21.4 Å². The van der Waals surface area contributed by atoms with Gasteiger partial charge in [0.1, 0.15) is 18.2 Å². The van der Waals surface area contributed by atoms with E-state index in [1.807, 2.05) is 32.2 Å². The molecular formula is C32H31ClF5N7O3. The van der Waals surface area contributed by atoms with Gasteiger partial charge in [-0.2, -0.15) is 32.3 Å². The molecule has 1 fully saturated rings. The van der Waals surface area contributed by atoms with Gasteiger partial charge in [-0.05, 0) is 53.5 Å². The zero-order valence-electron chi connectivity index (χ0n) is 26.0. The molecule has 0 bridgehead atoms. The van der Waals surface area contributed by atoms with Crippen LogP contribution in [0.4, 0.5) is 26.7 Å². The minimum absolute atomic E-state index is 0.0338. The molecule has 2 aliphatic rings. The highest BCUT2D eigenvalue weighted by Gasteiger charge is 2.64. The minimum Gasteiger partial charge on any atom is -0.447 e. The van der Waals surface area contributed by atoms with Crippen molar-refractivity contribution >= 4 is 29.6 Å². The summed E-state index contributed by atoms with van der Waals surface area (Å²) >= 11 is 6.14. The number of hydrogen-bond donors (Lipinski definition) is 2. The average molecular weight is 692 g/mol. The summed E-state index contributed by atoms with van der Waals surface area (Å²) in [6.45, 7) is 2.20. The fourth-order valence-corrected chi connectivity index (χ4v) is 5.91. The fourth-order valence-electron chi connectivity index (χ4n) is 5.75. The highest BCUT2D eigenvalue weighted by molar-refractivity contribution is 6.31. The Morgan fingerprint density at radius 2 is 1.81 bits per heavy atom. The smallest absolute Gasteiger partial charge is 0.411 e. The Morgan fingerprint density at radius 3 is 2.35 bits per heavy atom. The number of alkyl halides is 5. The number of aromatic nitrogens is 2. The van der Waals surface area contributed by atoms with Crippen LogP contribution in [0.15, 0.2) is 59.9 Å². The molecule has 0 saturated heterocycles. The maximum Gasteiger partial charge on any atom is 0.411 e. The van der Waals surface area contributed by atoms with Gasteiger partial charge in [-0.25, -0.2) is 14.5 Å². The van der Waals surface area contributed by atoms with E-state index in [1.54, 1.807) is 24.3 Å². The first kappa shape index (κ1) is 34.6. The normalized spacial score (nSPS) is 19.6. The summed E-state index contributed by atoms with van der Waals surface area (Å²) in [5.74, 6) is -0.882. The Kier molecular flexibility index (Phi) is 8.93. The lowest BCUT2D eigenvalue weighted by Gasteiger charge is -2.35. The zero-order chi connectivity index (χ0) is 35.2. The lowest BCUT2D eigenvalue weighted by Crippen LogP contribution is -2.50. The van der Waals surface area contributed by atoms with Crippen molar-refractivity contribution in [2.45, 2.75) is 69.9 Å². The lowest BCUT2D eigenvalue weighted by molar-refractivity contribution is -0.164. The number of hydrogen-bond acceptors (Lipinski definition) is 7. The van der Waals surface area contributed by atoms with Crippen LogP contribution in [0, 0.1) is 16.7 Å². The van der Waals surface area contributed by atoms with Gasteiger partial charge < -0.3 is 15.8 Å². The first-order valence-corrected chi connectivity index (χ1v) is 15.1. The molecule has 0 radical (unpaired) electrons. The van der Waals surface area contributed by atoms with Crippen LogP contribution in [0.25, 0.3) is 11.1 Å². The van der Waals surface area contributed by atoms with Crippen molar-refractivity contribution in [2.75, 3.05) is 6.61 Å². The maximum atomic E-state index is 14.6. The number of halogens is 6. The fraction of sp³-hybridized carbons (Fsp3) is 0.406. The highest BCUT2D eigenvalue weighted by Crippen LogP contribution is 2.49. The van der Waals surface area contributed by atoms with Crippen LogP contribution in [-0.4, -0.2) is 51.0 Å². The van der Waals surface area contributed by atoms with Crippen LogP contribution in [-0.2, 0) is 15.1 Å². The molecule has 48 heavy (non-hydrogen) atoms. The highest BCUT2D eigenvalue weighted by atomic mass is 35.5. The molecule has 1 saturated carbocycles. The number of nitrogens with zero attached hydrogens (tertiary/aromatic N) is 5. The van der Waals surface area contributed by atoms with Crippen molar-refractivity contribution < 1.29 is 36.3 Å². The molecular weight excluding hydrogens is 661 g/mol. The van der Waals surface area contributed by atoms with Gasteiger partial charge in [0.2, 0.25) is 0 Å². The molecule has 3 N–H and O–H groups in total. The Hall–Kier alpha value is -4.71. The van der Waals surface area contributed by atoms with Crippen molar-refractivity contribution in [1.29, 1.82) is 5.26 Å². The third-order valence-corrected chi connectivity index (χ3v) is 8.55. The van der Waals surface area contributed by atoms with Crippen LogP contribution in [0.1, 0.15) is 69.3 Å². The second-order valence-electron chi connectivity index (χ2n) is 13.0. The number of ether oxygens (including phenoxy) is 1. The van der Waals surface area contributed by atoms with Crippen LogP contribution in [0.5, 0.6) is 0 Å². The molecule has 0 spiro atoms. The number of benzene rings is 2. The van der Waals surface area contributed by atoms with Crippen LogP contribution >= 0.6 is 11.6 Å². The van der Waals surface area contributed by atoms with Gasteiger partial charge in [-0.15, -0.1) is 0 Å². The largest absolute Gasteiger partial charge is 0.447 e. The predicted molar refractivity (Wildman–Crippen MR) is 165 cm³/mol.